The number of halogens is 2. The molecule has 0 saturated heterocycles. The molecule has 1 aromatic carbocycles. The van der Waals surface area contributed by atoms with Crippen LogP contribution >= 0.6 is 27.5 Å². The highest BCUT2D eigenvalue weighted by Gasteiger charge is 2.64. The lowest BCUT2D eigenvalue weighted by Crippen LogP contribution is -2.22. The van der Waals surface area contributed by atoms with Crippen LogP contribution in [0.1, 0.15) is 24.8 Å². The Labute approximate surface area is 121 Å². The first-order valence-electron chi connectivity index (χ1n) is 6.91. The van der Waals surface area contributed by atoms with Crippen LogP contribution in [0.15, 0.2) is 22.7 Å². The maximum Gasteiger partial charge on any atom is 0.0410 e. The summed E-state index contributed by atoms with van der Waals surface area (Å²) in [5, 5.41) is 4.58. The number of benzene rings is 1. The van der Waals surface area contributed by atoms with E-state index in [1.54, 1.807) is 0 Å². The summed E-state index contributed by atoms with van der Waals surface area (Å²) in [7, 11) is 0. The minimum absolute atomic E-state index is 0.794. The minimum atomic E-state index is 0.794. The van der Waals surface area contributed by atoms with Crippen molar-refractivity contribution in [2.24, 2.45) is 23.7 Å². The van der Waals surface area contributed by atoms with Crippen molar-refractivity contribution in [1.29, 1.82) is 0 Å². The van der Waals surface area contributed by atoms with Crippen molar-refractivity contribution in [2.75, 3.05) is 0 Å². The molecule has 4 rings (SSSR count). The Kier molecular flexibility index (Phi) is 2.76. The molecule has 1 N–H and O–H groups in total. The monoisotopic (exact) mass is 325 g/mol. The average Bonchev–Trinajstić information content (AvgIpc) is 2.76. The van der Waals surface area contributed by atoms with Gasteiger partial charge in [0.05, 0.1) is 0 Å². The summed E-state index contributed by atoms with van der Waals surface area (Å²) in [6, 6.07) is 6.82. The highest BCUT2D eigenvalue weighted by molar-refractivity contribution is 9.10. The van der Waals surface area contributed by atoms with Crippen molar-refractivity contribution < 1.29 is 0 Å². The Morgan fingerprint density at radius 3 is 2.67 bits per heavy atom. The fourth-order valence-electron chi connectivity index (χ4n) is 4.50. The molecule has 0 aromatic heterocycles. The number of fused-ring (bicyclic) bond motifs is 5. The molecule has 1 aromatic rings. The number of hydrogen-bond acceptors (Lipinski definition) is 1. The van der Waals surface area contributed by atoms with Crippen LogP contribution in [0.3, 0.4) is 0 Å². The van der Waals surface area contributed by atoms with E-state index in [-0.39, 0.29) is 0 Å². The van der Waals surface area contributed by atoms with Crippen molar-refractivity contribution >= 4 is 27.5 Å². The first-order chi connectivity index (χ1) is 8.74. The lowest BCUT2D eigenvalue weighted by atomic mass is 10.0. The highest BCUT2D eigenvalue weighted by Crippen LogP contribution is 2.65. The first kappa shape index (κ1) is 11.7. The SMILES string of the molecule is Clc1ccc(Br)c(CNC2C3C4CCC(C4)C23)c1. The van der Waals surface area contributed by atoms with E-state index in [2.05, 4.69) is 27.3 Å². The third-order valence-corrected chi connectivity index (χ3v) is 6.28. The van der Waals surface area contributed by atoms with Gasteiger partial charge in [-0.15, -0.1) is 0 Å². The van der Waals surface area contributed by atoms with Gasteiger partial charge >= 0.3 is 0 Å². The van der Waals surface area contributed by atoms with E-state index in [1.807, 2.05) is 12.1 Å². The van der Waals surface area contributed by atoms with Crippen molar-refractivity contribution in [3.8, 4) is 0 Å². The van der Waals surface area contributed by atoms with Gasteiger partial charge < -0.3 is 5.32 Å². The summed E-state index contributed by atoms with van der Waals surface area (Å²) in [5.74, 6) is 4.09. The molecule has 18 heavy (non-hydrogen) atoms. The van der Waals surface area contributed by atoms with Gasteiger partial charge in [-0.3, -0.25) is 0 Å². The van der Waals surface area contributed by atoms with E-state index in [0.717, 1.165) is 45.8 Å². The standard InChI is InChI=1S/C15H17BrClN/c16-12-4-3-11(17)6-10(12)7-18-15-13-8-1-2-9(5-8)14(13)15/h3-4,6,8-9,13-15,18H,1-2,5,7H2. The molecule has 4 unspecified atom stereocenters. The topological polar surface area (TPSA) is 12.0 Å². The summed E-state index contributed by atoms with van der Waals surface area (Å²) >= 11 is 9.65. The van der Waals surface area contributed by atoms with Gasteiger partial charge in [0.15, 0.2) is 0 Å². The summed E-state index contributed by atoms with van der Waals surface area (Å²) in [6.07, 6.45) is 4.50. The number of hydrogen-bond donors (Lipinski definition) is 1. The zero-order chi connectivity index (χ0) is 12.3. The quantitative estimate of drug-likeness (QED) is 0.876. The molecule has 0 heterocycles. The van der Waals surface area contributed by atoms with Crippen molar-refractivity contribution in [3.63, 3.8) is 0 Å². The van der Waals surface area contributed by atoms with E-state index in [4.69, 9.17) is 11.6 Å². The molecule has 0 aliphatic heterocycles. The van der Waals surface area contributed by atoms with Gasteiger partial charge in [0, 0.05) is 22.1 Å². The largest absolute Gasteiger partial charge is 0.309 e. The molecule has 3 aliphatic rings. The average molecular weight is 327 g/mol. The van der Waals surface area contributed by atoms with Gasteiger partial charge in [0.25, 0.3) is 0 Å². The Hall–Kier alpha value is -0.0500. The number of nitrogens with one attached hydrogen (secondary N) is 1. The highest BCUT2D eigenvalue weighted by atomic mass is 79.9. The number of rotatable bonds is 3. The lowest BCUT2D eigenvalue weighted by molar-refractivity contribution is 0.456. The van der Waals surface area contributed by atoms with Gasteiger partial charge in [0.1, 0.15) is 0 Å². The summed E-state index contributed by atoms with van der Waals surface area (Å²) in [5.41, 5.74) is 1.28. The molecule has 0 radical (unpaired) electrons. The summed E-state index contributed by atoms with van der Waals surface area (Å²) in [4.78, 5) is 0. The van der Waals surface area contributed by atoms with Crippen LogP contribution in [-0.2, 0) is 6.54 Å². The van der Waals surface area contributed by atoms with Crippen LogP contribution in [0.5, 0.6) is 0 Å². The second kappa shape index (κ2) is 4.22. The molecule has 96 valence electrons. The Morgan fingerprint density at radius 1 is 1.22 bits per heavy atom. The maximum atomic E-state index is 6.05. The van der Waals surface area contributed by atoms with Crippen LogP contribution in [-0.4, -0.2) is 6.04 Å². The summed E-state index contributed by atoms with van der Waals surface area (Å²) in [6.45, 7) is 0.943. The second-order valence-corrected chi connectivity index (χ2v) is 7.42. The van der Waals surface area contributed by atoms with E-state index in [0.29, 0.717) is 0 Å². The zero-order valence-corrected chi connectivity index (χ0v) is 12.5. The van der Waals surface area contributed by atoms with Gasteiger partial charge in [-0.1, -0.05) is 27.5 Å². The molecule has 3 aliphatic carbocycles. The maximum absolute atomic E-state index is 6.05. The minimum Gasteiger partial charge on any atom is -0.309 e. The van der Waals surface area contributed by atoms with E-state index in [1.165, 1.54) is 24.8 Å². The van der Waals surface area contributed by atoms with E-state index in [9.17, 15) is 0 Å². The molecule has 3 saturated carbocycles. The van der Waals surface area contributed by atoms with Gasteiger partial charge in [-0.05, 0) is 66.7 Å². The van der Waals surface area contributed by atoms with Gasteiger partial charge in [0.2, 0.25) is 0 Å². The first-order valence-corrected chi connectivity index (χ1v) is 8.08. The summed E-state index contributed by atoms with van der Waals surface area (Å²) < 4.78 is 1.16. The fraction of sp³-hybridized carbons (Fsp3) is 0.600. The van der Waals surface area contributed by atoms with Crippen LogP contribution in [0.25, 0.3) is 0 Å². The van der Waals surface area contributed by atoms with E-state index >= 15 is 0 Å². The predicted octanol–water partition coefficient (Wildman–Crippen LogP) is 4.24. The van der Waals surface area contributed by atoms with Gasteiger partial charge in [-0.2, -0.15) is 0 Å². The second-order valence-electron chi connectivity index (χ2n) is 6.13. The Balaban J connectivity index is 1.41. The molecule has 2 bridgehead atoms. The molecule has 0 spiro atoms. The van der Waals surface area contributed by atoms with E-state index < -0.39 is 0 Å². The molecule has 3 fully saturated rings. The molecular weight excluding hydrogens is 310 g/mol. The van der Waals surface area contributed by atoms with Crippen LogP contribution < -0.4 is 5.32 Å². The Bertz CT molecular complexity index is 473. The molecule has 4 atom stereocenters. The molecule has 1 nitrogen and oxygen atoms in total. The van der Waals surface area contributed by atoms with Gasteiger partial charge in [-0.25, -0.2) is 0 Å². The van der Waals surface area contributed by atoms with Crippen LogP contribution in [0, 0.1) is 23.7 Å². The van der Waals surface area contributed by atoms with Crippen molar-refractivity contribution in [1.82, 2.24) is 5.32 Å². The molecular formula is C15H17BrClN. The third-order valence-electron chi connectivity index (χ3n) is 5.27. The van der Waals surface area contributed by atoms with Crippen LogP contribution in [0.4, 0.5) is 0 Å². The zero-order valence-electron chi connectivity index (χ0n) is 10.2. The van der Waals surface area contributed by atoms with Crippen LogP contribution in [0.2, 0.25) is 5.02 Å². The van der Waals surface area contributed by atoms with Crippen molar-refractivity contribution in [3.05, 3.63) is 33.3 Å². The predicted molar refractivity (Wildman–Crippen MR) is 77.6 cm³/mol. The lowest BCUT2D eigenvalue weighted by Gasteiger charge is -2.11. The third kappa shape index (κ3) is 1.76. The Morgan fingerprint density at radius 2 is 1.94 bits per heavy atom. The smallest absolute Gasteiger partial charge is 0.0410 e. The normalized spacial score (nSPS) is 40.0. The fourth-order valence-corrected chi connectivity index (χ4v) is 5.09. The van der Waals surface area contributed by atoms with Crippen molar-refractivity contribution in [2.45, 2.75) is 31.8 Å². The molecule has 0 amide bonds. The molecule has 3 heteroatoms.